The zero-order chi connectivity index (χ0) is 20.0. The molecule has 28 heavy (non-hydrogen) atoms. The van der Waals surface area contributed by atoms with E-state index in [4.69, 9.17) is 16.2 Å². The van der Waals surface area contributed by atoms with E-state index < -0.39 is 5.91 Å². The van der Waals surface area contributed by atoms with Crippen LogP contribution in [0.3, 0.4) is 0 Å². The van der Waals surface area contributed by atoms with Gasteiger partial charge in [0.05, 0.1) is 17.3 Å². The van der Waals surface area contributed by atoms with E-state index in [9.17, 15) is 9.59 Å². The van der Waals surface area contributed by atoms with Gasteiger partial charge in [-0.3, -0.25) is 24.2 Å². The molecule has 146 valence electrons. The van der Waals surface area contributed by atoms with E-state index in [1.165, 1.54) is 0 Å². The lowest BCUT2D eigenvalue weighted by Gasteiger charge is -2.26. The Morgan fingerprint density at radius 3 is 2.82 bits per heavy atom. The Kier molecular flexibility index (Phi) is 4.27. The Morgan fingerprint density at radius 2 is 2.14 bits per heavy atom. The van der Waals surface area contributed by atoms with Crippen LogP contribution in [0.4, 0.5) is 5.95 Å². The molecule has 5 N–H and O–H groups in total. The maximum Gasteiger partial charge on any atom is 0.276 e. The number of benzene rings is 1. The Morgan fingerprint density at radius 1 is 1.36 bits per heavy atom. The smallest absolute Gasteiger partial charge is 0.276 e. The molecule has 1 atom stereocenters. The summed E-state index contributed by atoms with van der Waals surface area (Å²) in [6.07, 6.45) is 0. The van der Waals surface area contributed by atoms with Gasteiger partial charge in [0, 0.05) is 18.7 Å². The summed E-state index contributed by atoms with van der Waals surface area (Å²) in [6.45, 7) is 4.91. The van der Waals surface area contributed by atoms with Gasteiger partial charge in [0.15, 0.2) is 0 Å². The Balaban J connectivity index is 1.82. The number of aromatic nitrogens is 4. The van der Waals surface area contributed by atoms with Crippen LogP contribution in [0.1, 0.15) is 39.5 Å². The number of primary amides is 1. The highest BCUT2D eigenvalue weighted by atomic mass is 16.5. The van der Waals surface area contributed by atoms with Gasteiger partial charge in [-0.2, -0.15) is 5.10 Å². The fourth-order valence-corrected chi connectivity index (χ4v) is 3.46. The predicted molar refractivity (Wildman–Crippen MR) is 102 cm³/mol. The van der Waals surface area contributed by atoms with Gasteiger partial charge >= 0.3 is 0 Å². The summed E-state index contributed by atoms with van der Waals surface area (Å²) >= 11 is 0. The third-order valence-electron chi connectivity index (χ3n) is 4.76. The van der Waals surface area contributed by atoms with Crippen LogP contribution in [0, 0.1) is 6.92 Å². The minimum Gasteiger partial charge on any atom is -0.489 e. The first-order valence-electron chi connectivity index (χ1n) is 8.97. The summed E-state index contributed by atoms with van der Waals surface area (Å²) in [4.78, 5) is 29.0. The molecule has 0 saturated heterocycles. The number of imidazole rings is 1. The Bertz CT molecular complexity index is 1100. The van der Waals surface area contributed by atoms with Crippen molar-refractivity contribution in [1.29, 1.82) is 0 Å². The third kappa shape index (κ3) is 2.78. The van der Waals surface area contributed by atoms with Crippen LogP contribution in [0.2, 0.25) is 0 Å². The zero-order valence-corrected chi connectivity index (χ0v) is 15.6. The summed E-state index contributed by atoms with van der Waals surface area (Å²) in [6, 6.07) is 4.68. The number of aryl methyl sites for hydroxylation is 2. The van der Waals surface area contributed by atoms with Crippen molar-refractivity contribution in [2.75, 3.05) is 18.5 Å². The van der Waals surface area contributed by atoms with Gasteiger partial charge in [-0.05, 0) is 32.0 Å². The summed E-state index contributed by atoms with van der Waals surface area (Å²) in [5.74, 6) is -0.0836. The van der Waals surface area contributed by atoms with E-state index in [2.05, 4.69) is 15.4 Å². The first kappa shape index (κ1) is 18.0. The monoisotopic (exact) mass is 383 g/mol. The molecule has 0 bridgehead atoms. The van der Waals surface area contributed by atoms with Crippen molar-refractivity contribution in [3.63, 3.8) is 0 Å². The molecule has 0 radical (unpaired) electrons. The van der Waals surface area contributed by atoms with Crippen LogP contribution in [0.25, 0.3) is 11.0 Å². The average molecular weight is 383 g/mol. The molecule has 1 aromatic carbocycles. The SMILES string of the molecule is CCn1nc(C)cc1C(=O)Nc1nc2cc(C(N)=O)cc3c2n1[C@@H](CN)CO3. The molecule has 0 unspecified atom stereocenters. The lowest BCUT2D eigenvalue weighted by Crippen LogP contribution is -2.30. The van der Waals surface area contributed by atoms with E-state index in [1.807, 2.05) is 18.4 Å². The average Bonchev–Trinajstić information content (AvgIpc) is 3.23. The molecule has 1 aliphatic rings. The third-order valence-corrected chi connectivity index (χ3v) is 4.76. The van der Waals surface area contributed by atoms with Crippen molar-refractivity contribution in [2.45, 2.75) is 26.4 Å². The Hall–Kier alpha value is -3.40. The van der Waals surface area contributed by atoms with Gasteiger partial charge in [-0.1, -0.05) is 0 Å². The zero-order valence-electron chi connectivity index (χ0n) is 15.6. The number of rotatable bonds is 5. The van der Waals surface area contributed by atoms with E-state index in [0.29, 0.717) is 48.1 Å². The number of hydrogen-bond acceptors (Lipinski definition) is 6. The summed E-state index contributed by atoms with van der Waals surface area (Å²) in [5.41, 5.74) is 14.0. The van der Waals surface area contributed by atoms with Crippen molar-refractivity contribution >= 4 is 28.8 Å². The lowest BCUT2D eigenvalue weighted by molar-refractivity contribution is 0.0995. The first-order valence-corrected chi connectivity index (χ1v) is 8.97. The number of carbonyl (C=O) groups excluding carboxylic acids is 2. The number of nitrogens with one attached hydrogen (secondary N) is 1. The van der Waals surface area contributed by atoms with Crippen LogP contribution >= 0.6 is 0 Å². The molecule has 1 aliphatic heterocycles. The fourth-order valence-electron chi connectivity index (χ4n) is 3.46. The highest BCUT2D eigenvalue weighted by molar-refractivity contribution is 6.04. The van der Waals surface area contributed by atoms with Crippen LogP contribution in [0.5, 0.6) is 5.75 Å². The largest absolute Gasteiger partial charge is 0.489 e. The van der Waals surface area contributed by atoms with Gasteiger partial charge in [0.25, 0.3) is 5.91 Å². The van der Waals surface area contributed by atoms with Crippen molar-refractivity contribution in [3.8, 4) is 5.75 Å². The second kappa shape index (κ2) is 6.64. The number of ether oxygens (including phenoxy) is 1. The van der Waals surface area contributed by atoms with E-state index in [0.717, 1.165) is 5.69 Å². The van der Waals surface area contributed by atoms with Gasteiger partial charge in [-0.25, -0.2) is 4.98 Å². The molecule has 4 rings (SSSR count). The predicted octanol–water partition coefficient (Wildman–Crippen LogP) is 0.805. The molecule has 10 heteroatoms. The quantitative estimate of drug-likeness (QED) is 0.595. The first-order chi connectivity index (χ1) is 13.4. The van der Waals surface area contributed by atoms with Crippen LogP contribution < -0.4 is 21.5 Å². The molecular formula is C18H21N7O3. The van der Waals surface area contributed by atoms with Crippen LogP contribution in [0.15, 0.2) is 18.2 Å². The highest BCUT2D eigenvalue weighted by Crippen LogP contribution is 2.36. The van der Waals surface area contributed by atoms with Gasteiger partial charge in [0.2, 0.25) is 11.9 Å². The van der Waals surface area contributed by atoms with Gasteiger partial charge in [0.1, 0.15) is 23.6 Å². The number of nitrogens with zero attached hydrogens (tertiary/aromatic N) is 4. The summed E-state index contributed by atoms with van der Waals surface area (Å²) in [5, 5.41) is 7.16. The molecule has 2 aromatic heterocycles. The minimum atomic E-state index is -0.579. The van der Waals surface area contributed by atoms with Gasteiger partial charge in [-0.15, -0.1) is 0 Å². The molecule has 3 heterocycles. The molecule has 0 fully saturated rings. The number of nitrogens with two attached hydrogens (primary N) is 2. The van der Waals surface area contributed by atoms with Crippen molar-refractivity contribution in [2.24, 2.45) is 11.5 Å². The maximum absolute atomic E-state index is 12.9. The number of carbonyl (C=O) groups is 2. The van der Waals surface area contributed by atoms with Gasteiger partial charge < -0.3 is 16.2 Å². The summed E-state index contributed by atoms with van der Waals surface area (Å²) in [7, 11) is 0. The Labute approximate surface area is 160 Å². The molecule has 0 spiro atoms. The molecule has 3 aromatic rings. The van der Waals surface area contributed by atoms with Crippen LogP contribution in [-0.2, 0) is 6.54 Å². The number of amides is 2. The van der Waals surface area contributed by atoms with E-state index >= 15 is 0 Å². The molecular weight excluding hydrogens is 362 g/mol. The second-order valence-corrected chi connectivity index (χ2v) is 6.65. The molecule has 2 amide bonds. The lowest BCUT2D eigenvalue weighted by atomic mass is 10.1. The normalized spacial score (nSPS) is 15.5. The van der Waals surface area contributed by atoms with Crippen molar-refractivity contribution in [1.82, 2.24) is 19.3 Å². The second-order valence-electron chi connectivity index (χ2n) is 6.65. The van der Waals surface area contributed by atoms with Crippen LogP contribution in [-0.4, -0.2) is 44.3 Å². The fraction of sp³-hybridized carbons (Fsp3) is 0.333. The topological polar surface area (TPSA) is 143 Å². The van der Waals surface area contributed by atoms with E-state index in [-0.39, 0.29) is 17.5 Å². The minimum absolute atomic E-state index is 0.204. The standard InChI is InChI=1S/C18H21N7O3/c1-3-24-13(4-9(2)23-24)17(27)22-18-21-12-5-10(16(20)26)6-14-15(12)25(18)11(7-19)8-28-14/h4-6,11H,3,7-8,19H2,1-2H3,(H2,20,26)(H,21,22,27)/t11-/m0/s1. The number of anilines is 1. The molecule has 0 aliphatic carbocycles. The van der Waals surface area contributed by atoms with Crippen molar-refractivity contribution < 1.29 is 14.3 Å². The highest BCUT2D eigenvalue weighted by Gasteiger charge is 2.28. The molecule has 10 nitrogen and oxygen atoms in total. The molecule has 0 saturated carbocycles. The number of hydrogen-bond donors (Lipinski definition) is 3. The van der Waals surface area contributed by atoms with E-state index in [1.54, 1.807) is 22.9 Å². The summed E-state index contributed by atoms with van der Waals surface area (Å²) < 4.78 is 9.23. The van der Waals surface area contributed by atoms with Crippen molar-refractivity contribution in [3.05, 3.63) is 35.2 Å². The maximum atomic E-state index is 12.9.